The van der Waals surface area contributed by atoms with Crippen LogP contribution < -0.4 is 5.32 Å². The van der Waals surface area contributed by atoms with Crippen LogP contribution in [0.1, 0.15) is 19.5 Å². The highest BCUT2D eigenvalue weighted by Crippen LogP contribution is 2.18. The molecule has 6 heteroatoms. The van der Waals surface area contributed by atoms with Crippen LogP contribution in [0.5, 0.6) is 0 Å². The lowest BCUT2D eigenvalue weighted by Gasteiger charge is -2.13. The van der Waals surface area contributed by atoms with E-state index in [1.54, 1.807) is 13.0 Å². The molecule has 0 radical (unpaired) electrons. The molecular formula is C11H17N3O2S. The molecule has 5 nitrogen and oxygen atoms in total. The van der Waals surface area contributed by atoms with Crippen LogP contribution in [0.2, 0.25) is 0 Å². The molecule has 0 aromatic carbocycles. The van der Waals surface area contributed by atoms with Gasteiger partial charge < -0.3 is 5.32 Å². The summed E-state index contributed by atoms with van der Waals surface area (Å²) in [7, 11) is 0. The Morgan fingerprint density at radius 1 is 1.59 bits per heavy atom. The van der Waals surface area contributed by atoms with Crippen molar-refractivity contribution >= 4 is 23.3 Å². The summed E-state index contributed by atoms with van der Waals surface area (Å²) < 4.78 is 0. The molecule has 0 amide bonds. The number of nitrogens with one attached hydrogen (secondary N) is 1. The van der Waals surface area contributed by atoms with E-state index in [1.165, 1.54) is 6.07 Å². The third-order valence-electron chi connectivity index (χ3n) is 2.22. The average molecular weight is 255 g/mol. The van der Waals surface area contributed by atoms with Crippen molar-refractivity contribution in [3.05, 3.63) is 27.9 Å². The maximum Gasteiger partial charge on any atom is 0.290 e. The van der Waals surface area contributed by atoms with Gasteiger partial charge in [0.05, 0.1) is 4.92 Å². The Balaban J connectivity index is 2.67. The largest absolute Gasteiger partial charge is 0.367 e. The van der Waals surface area contributed by atoms with E-state index in [0.717, 1.165) is 11.5 Å². The molecule has 0 fully saturated rings. The number of anilines is 1. The SMILES string of the molecule is CCSCC(C)Nc1ccc([N+](=O)[O-])c(C)n1. The molecule has 0 aliphatic heterocycles. The van der Waals surface area contributed by atoms with Crippen molar-refractivity contribution in [3.63, 3.8) is 0 Å². The molecule has 1 N–H and O–H groups in total. The molecule has 0 saturated carbocycles. The van der Waals surface area contributed by atoms with Crippen LogP contribution >= 0.6 is 11.8 Å². The normalized spacial score (nSPS) is 12.2. The molecule has 0 spiro atoms. The summed E-state index contributed by atoms with van der Waals surface area (Å²) in [6.07, 6.45) is 0. The first-order chi connectivity index (χ1) is 8.04. The van der Waals surface area contributed by atoms with E-state index in [4.69, 9.17) is 0 Å². The molecule has 94 valence electrons. The van der Waals surface area contributed by atoms with Gasteiger partial charge in [-0.2, -0.15) is 11.8 Å². The van der Waals surface area contributed by atoms with Crippen molar-refractivity contribution < 1.29 is 4.92 Å². The number of hydrogen-bond donors (Lipinski definition) is 1. The third-order valence-corrected chi connectivity index (χ3v) is 3.36. The van der Waals surface area contributed by atoms with Gasteiger partial charge in [0.25, 0.3) is 5.69 Å². The predicted molar refractivity (Wildman–Crippen MR) is 71.7 cm³/mol. The number of pyridine rings is 1. The summed E-state index contributed by atoms with van der Waals surface area (Å²) in [4.78, 5) is 14.4. The first-order valence-electron chi connectivity index (χ1n) is 5.51. The monoisotopic (exact) mass is 255 g/mol. The molecule has 1 rings (SSSR count). The molecule has 1 heterocycles. The molecule has 17 heavy (non-hydrogen) atoms. The van der Waals surface area contributed by atoms with Gasteiger partial charge in [0.15, 0.2) is 0 Å². The second-order valence-corrected chi connectivity index (χ2v) is 5.08. The van der Waals surface area contributed by atoms with E-state index in [2.05, 4.69) is 24.1 Å². The third kappa shape index (κ3) is 4.22. The number of aromatic nitrogens is 1. The fourth-order valence-electron chi connectivity index (χ4n) is 1.42. The quantitative estimate of drug-likeness (QED) is 0.625. The zero-order valence-electron chi connectivity index (χ0n) is 10.3. The predicted octanol–water partition coefficient (Wildman–Crippen LogP) is 2.85. The Labute approximate surface area is 105 Å². The lowest BCUT2D eigenvalue weighted by atomic mass is 10.3. The smallest absolute Gasteiger partial charge is 0.290 e. The summed E-state index contributed by atoms with van der Waals surface area (Å²) in [5.41, 5.74) is 0.501. The highest BCUT2D eigenvalue weighted by atomic mass is 32.2. The Morgan fingerprint density at radius 2 is 2.29 bits per heavy atom. The van der Waals surface area contributed by atoms with Crippen molar-refractivity contribution in [2.24, 2.45) is 0 Å². The first-order valence-corrected chi connectivity index (χ1v) is 6.66. The summed E-state index contributed by atoms with van der Waals surface area (Å²) in [6.45, 7) is 5.83. The van der Waals surface area contributed by atoms with Crippen molar-refractivity contribution in [3.8, 4) is 0 Å². The van der Waals surface area contributed by atoms with Gasteiger partial charge in [-0.3, -0.25) is 10.1 Å². The van der Waals surface area contributed by atoms with E-state index in [0.29, 0.717) is 17.6 Å². The summed E-state index contributed by atoms with van der Waals surface area (Å²) in [5.74, 6) is 2.77. The van der Waals surface area contributed by atoms with E-state index >= 15 is 0 Å². The number of aryl methyl sites for hydroxylation is 1. The summed E-state index contributed by atoms with van der Waals surface area (Å²) in [5, 5.41) is 13.9. The summed E-state index contributed by atoms with van der Waals surface area (Å²) in [6, 6.07) is 3.44. The lowest BCUT2D eigenvalue weighted by molar-refractivity contribution is -0.385. The topological polar surface area (TPSA) is 68.1 Å². The second kappa shape index (κ2) is 6.44. The Kier molecular flexibility index (Phi) is 5.21. The van der Waals surface area contributed by atoms with Crippen LogP contribution in [0.3, 0.4) is 0 Å². The lowest BCUT2D eigenvalue weighted by Crippen LogP contribution is -2.19. The fraction of sp³-hybridized carbons (Fsp3) is 0.545. The highest BCUT2D eigenvalue weighted by Gasteiger charge is 2.12. The maximum atomic E-state index is 10.6. The van der Waals surface area contributed by atoms with E-state index in [9.17, 15) is 10.1 Å². The van der Waals surface area contributed by atoms with Crippen molar-refractivity contribution in [2.75, 3.05) is 16.8 Å². The van der Waals surface area contributed by atoms with Crippen LogP contribution in [-0.4, -0.2) is 27.5 Å². The Morgan fingerprint density at radius 3 is 2.82 bits per heavy atom. The first kappa shape index (κ1) is 13.8. The van der Waals surface area contributed by atoms with Gasteiger partial charge in [-0.15, -0.1) is 0 Å². The van der Waals surface area contributed by atoms with Gasteiger partial charge in [-0.1, -0.05) is 6.92 Å². The number of thioether (sulfide) groups is 1. The van der Waals surface area contributed by atoms with E-state index < -0.39 is 4.92 Å². The molecule has 1 aromatic heterocycles. The Bertz CT molecular complexity index is 398. The molecule has 0 bridgehead atoms. The molecule has 0 saturated heterocycles. The average Bonchev–Trinajstić information content (AvgIpc) is 2.26. The van der Waals surface area contributed by atoms with Crippen molar-refractivity contribution in [2.45, 2.75) is 26.8 Å². The molecule has 1 atom stereocenters. The second-order valence-electron chi connectivity index (χ2n) is 3.76. The van der Waals surface area contributed by atoms with Gasteiger partial charge in [0.1, 0.15) is 11.5 Å². The Hall–Kier alpha value is -1.30. The fourth-order valence-corrected chi connectivity index (χ4v) is 2.09. The van der Waals surface area contributed by atoms with E-state index in [1.807, 2.05) is 11.8 Å². The van der Waals surface area contributed by atoms with Crippen LogP contribution in [-0.2, 0) is 0 Å². The van der Waals surface area contributed by atoms with Gasteiger partial charge in [-0.05, 0) is 25.7 Å². The van der Waals surface area contributed by atoms with Crippen LogP contribution in [0.25, 0.3) is 0 Å². The highest BCUT2D eigenvalue weighted by molar-refractivity contribution is 7.99. The minimum atomic E-state index is -0.414. The van der Waals surface area contributed by atoms with Gasteiger partial charge >= 0.3 is 0 Å². The number of nitro groups is 1. The summed E-state index contributed by atoms with van der Waals surface area (Å²) >= 11 is 1.85. The van der Waals surface area contributed by atoms with Gasteiger partial charge in [0, 0.05) is 17.9 Å². The maximum absolute atomic E-state index is 10.6. The number of hydrogen-bond acceptors (Lipinski definition) is 5. The standard InChI is InChI=1S/C11H17N3O2S/c1-4-17-7-8(2)12-11-6-5-10(14(15)16)9(3)13-11/h5-6,8H,4,7H2,1-3H3,(H,12,13). The van der Waals surface area contributed by atoms with Crippen LogP contribution in [0, 0.1) is 17.0 Å². The van der Waals surface area contributed by atoms with Crippen LogP contribution in [0.4, 0.5) is 11.5 Å². The van der Waals surface area contributed by atoms with E-state index in [-0.39, 0.29) is 5.69 Å². The zero-order valence-corrected chi connectivity index (χ0v) is 11.1. The molecule has 1 unspecified atom stereocenters. The van der Waals surface area contributed by atoms with Gasteiger partial charge in [0.2, 0.25) is 0 Å². The minimum absolute atomic E-state index is 0.0612. The van der Waals surface area contributed by atoms with Crippen molar-refractivity contribution in [1.82, 2.24) is 4.98 Å². The number of nitrogens with zero attached hydrogens (tertiary/aromatic N) is 2. The molecular weight excluding hydrogens is 238 g/mol. The van der Waals surface area contributed by atoms with Gasteiger partial charge in [-0.25, -0.2) is 4.98 Å². The molecule has 0 aliphatic rings. The molecule has 0 aliphatic carbocycles. The van der Waals surface area contributed by atoms with Crippen molar-refractivity contribution in [1.29, 1.82) is 0 Å². The number of rotatable bonds is 6. The molecule has 1 aromatic rings. The zero-order chi connectivity index (χ0) is 12.8. The minimum Gasteiger partial charge on any atom is -0.367 e. The van der Waals surface area contributed by atoms with Crippen LogP contribution in [0.15, 0.2) is 12.1 Å².